The lowest BCUT2D eigenvalue weighted by Crippen LogP contribution is -2.50. The molecule has 1 amide bonds. The molecule has 3 unspecified atom stereocenters. The van der Waals surface area contributed by atoms with Gasteiger partial charge < -0.3 is 10.0 Å². The second-order valence-corrected chi connectivity index (χ2v) is 7.16. The first-order chi connectivity index (χ1) is 10.5. The zero-order valence-corrected chi connectivity index (χ0v) is 13.7. The van der Waals surface area contributed by atoms with Crippen LogP contribution in [0.3, 0.4) is 0 Å². The highest BCUT2D eigenvalue weighted by Crippen LogP contribution is 2.40. The molecule has 22 heavy (non-hydrogen) atoms. The summed E-state index contributed by atoms with van der Waals surface area (Å²) in [5, 5.41) is 15.0. The first-order valence-corrected chi connectivity index (χ1v) is 8.48. The van der Waals surface area contributed by atoms with Crippen LogP contribution in [0, 0.1) is 5.92 Å². The van der Waals surface area contributed by atoms with Gasteiger partial charge in [-0.25, -0.2) is 0 Å². The lowest BCUT2D eigenvalue weighted by Gasteiger charge is -2.43. The quantitative estimate of drug-likeness (QED) is 0.928. The second kappa shape index (κ2) is 6.03. The van der Waals surface area contributed by atoms with Gasteiger partial charge in [0.15, 0.2) is 0 Å². The molecule has 1 N–H and O–H groups in total. The number of hydrogen-bond acceptors (Lipinski definition) is 3. The van der Waals surface area contributed by atoms with Crippen LogP contribution in [0.2, 0.25) is 0 Å². The zero-order chi connectivity index (χ0) is 15.7. The Kier molecular flexibility index (Phi) is 4.26. The summed E-state index contributed by atoms with van der Waals surface area (Å²) in [7, 11) is 1.87. The van der Waals surface area contributed by atoms with Crippen molar-refractivity contribution in [3.05, 3.63) is 18.0 Å². The highest BCUT2D eigenvalue weighted by Gasteiger charge is 2.44. The number of likely N-dealkylation sites (tertiary alicyclic amines) is 1. The Morgan fingerprint density at radius 1 is 1.41 bits per heavy atom. The third-order valence-electron chi connectivity index (χ3n) is 5.43. The fourth-order valence-corrected chi connectivity index (χ4v) is 4.28. The van der Waals surface area contributed by atoms with E-state index in [1.165, 1.54) is 6.42 Å². The van der Waals surface area contributed by atoms with E-state index in [1.54, 1.807) is 4.68 Å². The largest absolute Gasteiger partial charge is 0.390 e. The number of rotatable bonds is 3. The van der Waals surface area contributed by atoms with Gasteiger partial charge in [-0.15, -0.1) is 0 Å². The van der Waals surface area contributed by atoms with Crippen LogP contribution in [0.4, 0.5) is 0 Å². The van der Waals surface area contributed by atoms with E-state index in [0.717, 1.165) is 44.3 Å². The van der Waals surface area contributed by atoms with Crippen molar-refractivity contribution in [3.63, 3.8) is 0 Å². The minimum atomic E-state index is -0.628. The maximum atomic E-state index is 12.7. The fourth-order valence-electron chi connectivity index (χ4n) is 4.28. The van der Waals surface area contributed by atoms with Gasteiger partial charge in [0, 0.05) is 31.7 Å². The molecule has 0 spiro atoms. The SMILES string of the molecule is Cn1ccc(CC(=O)N2CCCC2C2CCCCC2(C)O)n1. The highest BCUT2D eigenvalue weighted by molar-refractivity contribution is 5.79. The highest BCUT2D eigenvalue weighted by atomic mass is 16.3. The summed E-state index contributed by atoms with van der Waals surface area (Å²) in [5.41, 5.74) is 0.199. The minimum absolute atomic E-state index is 0.155. The van der Waals surface area contributed by atoms with E-state index < -0.39 is 5.60 Å². The number of aromatic nitrogens is 2. The predicted molar refractivity (Wildman–Crippen MR) is 84.2 cm³/mol. The minimum Gasteiger partial charge on any atom is -0.390 e. The summed E-state index contributed by atoms with van der Waals surface area (Å²) < 4.78 is 1.73. The molecule has 5 heteroatoms. The van der Waals surface area contributed by atoms with Crippen molar-refractivity contribution >= 4 is 5.91 Å². The molecule has 2 fully saturated rings. The van der Waals surface area contributed by atoms with Crippen molar-refractivity contribution in [1.82, 2.24) is 14.7 Å². The monoisotopic (exact) mass is 305 g/mol. The lowest BCUT2D eigenvalue weighted by atomic mass is 9.72. The molecule has 122 valence electrons. The number of amides is 1. The van der Waals surface area contributed by atoms with Crippen molar-refractivity contribution in [2.45, 2.75) is 63.5 Å². The Bertz CT molecular complexity index is 538. The van der Waals surface area contributed by atoms with Gasteiger partial charge in [0.05, 0.1) is 17.7 Å². The molecule has 1 saturated heterocycles. The zero-order valence-electron chi connectivity index (χ0n) is 13.7. The van der Waals surface area contributed by atoms with E-state index in [-0.39, 0.29) is 17.9 Å². The van der Waals surface area contributed by atoms with Gasteiger partial charge in [-0.3, -0.25) is 9.48 Å². The third-order valence-corrected chi connectivity index (χ3v) is 5.43. The van der Waals surface area contributed by atoms with Gasteiger partial charge >= 0.3 is 0 Å². The average molecular weight is 305 g/mol. The van der Waals surface area contributed by atoms with E-state index in [2.05, 4.69) is 5.10 Å². The maximum absolute atomic E-state index is 12.7. The smallest absolute Gasteiger partial charge is 0.228 e. The van der Waals surface area contributed by atoms with Crippen LogP contribution in [0.1, 0.15) is 51.1 Å². The molecule has 1 aliphatic heterocycles. The molecular formula is C17H27N3O2. The molecule has 3 atom stereocenters. The Hall–Kier alpha value is -1.36. The van der Waals surface area contributed by atoms with Gasteiger partial charge in [-0.2, -0.15) is 5.10 Å². The molecule has 2 heterocycles. The van der Waals surface area contributed by atoms with Crippen LogP contribution in [-0.2, 0) is 18.3 Å². The molecule has 3 rings (SSSR count). The summed E-state index contributed by atoms with van der Waals surface area (Å²) in [4.78, 5) is 14.7. The number of hydrogen-bond donors (Lipinski definition) is 1. The molecule has 0 aromatic carbocycles. The van der Waals surface area contributed by atoms with Crippen LogP contribution in [0.25, 0.3) is 0 Å². The van der Waals surface area contributed by atoms with E-state index in [9.17, 15) is 9.90 Å². The Balaban J connectivity index is 1.71. The lowest BCUT2D eigenvalue weighted by molar-refractivity contribution is -0.135. The van der Waals surface area contributed by atoms with Crippen LogP contribution in [0.5, 0.6) is 0 Å². The molecule has 1 aromatic heterocycles. The van der Waals surface area contributed by atoms with E-state index in [1.807, 2.05) is 31.1 Å². The number of carbonyl (C=O) groups is 1. The van der Waals surface area contributed by atoms with Gasteiger partial charge in [0.25, 0.3) is 0 Å². The van der Waals surface area contributed by atoms with Gasteiger partial charge in [-0.1, -0.05) is 12.8 Å². The molecule has 1 aliphatic carbocycles. The number of nitrogens with zero attached hydrogens (tertiary/aromatic N) is 3. The van der Waals surface area contributed by atoms with Gasteiger partial charge in [-0.05, 0) is 38.7 Å². The fraction of sp³-hybridized carbons (Fsp3) is 0.765. The molecule has 1 saturated carbocycles. The standard InChI is InChI=1S/C17H27N3O2/c1-17(22)9-4-3-6-14(17)15-7-5-10-20(15)16(21)12-13-8-11-19(2)18-13/h8,11,14-15,22H,3-7,9-10,12H2,1-2H3. The third kappa shape index (κ3) is 3.05. The van der Waals surface area contributed by atoms with E-state index in [0.29, 0.717) is 6.42 Å². The Morgan fingerprint density at radius 3 is 2.91 bits per heavy atom. The Labute approximate surface area is 132 Å². The van der Waals surface area contributed by atoms with Crippen LogP contribution < -0.4 is 0 Å². The summed E-state index contributed by atoms with van der Waals surface area (Å²) in [6.07, 6.45) is 8.46. The molecule has 0 radical (unpaired) electrons. The molecule has 1 aromatic rings. The van der Waals surface area contributed by atoms with Crippen molar-refractivity contribution < 1.29 is 9.90 Å². The summed E-state index contributed by atoms with van der Waals surface area (Å²) in [6, 6.07) is 2.10. The van der Waals surface area contributed by atoms with Gasteiger partial charge in [0.2, 0.25) is 5.91 Å². The van der Waals surface area contributed by atoms with E-state index >= 15 is 0 Å². The first kappa shape index (κ1) is 15.5. The number of aryl methyl sites for hydroxylation is 1. The van der Waals surface area contributed by atoms with E-state index in [4.69, 9.17) is 0 Å². The van der Waals surface area contributed by atoms with Crippen LogP contribution >= 0.6 is 0 Å². The molecule has 5 nitrogen and oxygen atoms in total. The number of carbonyl (C=O) groups excluding carboxylic acids is 1. The van der Waals surface area contributed by atoms with Crippen LogP contribution in [-0.4, -0.2) is 43.9 Å². The maximum Gasteiger partial charge on any atom is 0.228 e. The van der Waals surface area contributed by atoms with Crippen molar-refractivity contribution in [3.8, 4) is 0 Å². The van der Waals surface area contributed by atoms with Gasteiger partial charge in [0.1, 0.15) is 0 Å². The Morgan fingerprint density at radius 2 is 2.23 bits per heavy atom. The van der Waals surface area contributed by atoms with Crippen LogP contribution in [0.15, 0.2) is 12.3 Å². The normalized spacial score (nSPS) is 32.4. The second-order valence-electron chi connectivity index (χ2n) is 7.16. The summed E-state index contributed by atoms with van der Waals surface area (Å²) >= 11 is 0. The van der Waals surface area contributed by atoms with Crippen molar-refractivity contribution in [2.75, 3.05) is 6.54 Å². The molecule has 2 aliphatic rings. The summed E-state index contributed by atoms with van der Waals surface area (Å²) in [6.45, 7) is 2.78. The topological polar surface area (TPSA) is 58.4 Å². The average Bonchev–Trinajstić information content (AvgIpc) is 3.07. The predicted octanol–water partition coefficient (Wildman–Crippen LogP) is 1.89. The summed E-state index contributed by atoms with van der Waals surface area (Å²) in [5.74, 6) is 0.374. The first-order valence-electron chi connectivity index (χ1n) is 8.48. The number of aliphatic hydroxyl groups is 1. The molecular weight excluding hydrogens is 278 g/mol. The molecule has 0 bridgehead atoms. The van der Waals surface area contributed by atoms with Crippen molar-refractivity contribution in [2.24, 2.45) is 13.0 Å². The van der Waals surface area contributed by atoms with Crippen molar-refractivity contribution in [1.29, 1.82) is 0 Å².